The molecule has 142 valence electrons. The molecule has 0 bridgehead atoms. The van der Waals surface area contributed by atoms with Gasteiger partial charge in [-0.2, -0.15) is 0 Å². The Morgan fingerprint density at radius 3 is 2.42 bits per heavy atom. The summed E-state index contributed by atoms with van der Waals surface area (Å²) < 4.78 is 4.90. The van der Waals surface area contributed by atoms with Crippen LogP contribution in [0.3, 0.4) is 0 Å². The van der Waals surface area contributed by atoms with E-state index in [1.165, 1.54) is 13.0 Å². The maximum Gasteiger partial charge on any atom is 0.330 e. The van der Waals surface area contributed by atoms with Crippen LogP contribution in [0.15, 0.2) is 22.7 Å². The molecule has 1 aromatic heterocycles. The number of carbonyl (C=O) groups excluding carboxylic acids is 2. The molecule has 1 fully saturated rings. The van der Waals surface area contributed by atoms with E-state index in [1.807, 2.05) is 0 Å². The molecule has 0 spiro atoms. The molecule has 3 N–H and O–H groups in total. The number of hydrogen-bond acceptors (Lipinski definition) is 5. The molecule has 0 saturated heterocycles. The van der Waals surface area contributed by atoms with Crippen LogP contribution in [-0.4, -0.2) is 40.1 Å². The third-order valence-electron chi connectivity index (χ3n) is 4.58. The Labute approximate surface area is 152 Å². The van der Waals surface area contributed by atoms with Crippen LogP contribution in [-0.2, 0) is 9.59 Å². The van der Waals surface area contributed by atoms with Crippen molar-refractivity contribution in [1.29, 1.82) is 0 Å². The summed E-state index contributed by atoms with van der Waals surface area (Å²) in [7, 11) is 0. The van der Waals surface area contributed by atoms with Gasteiger partial charge in [-0.05, 0) is 38.2 Å². The highest BCUT2D eigenvalue weighted by atomic mass is 16.5. The first-order valence-corrected chi connectivity index (χ1v) is 8.72. The Morgan fingerprint density at radius 1 is 1.27 bits per heavy atom. The summed E-state index contributed by atoms with van der Waals surface area (Å²) in [6, 6.07) is -0.542. The Bertz CT molecular complexity index is 677. The highest BCUT2D eigenvalue weighted by Gasteiger charge is 2.34. The fraction of sp³-hybridized carbons (Fsp3) is 0.556. The standard InChI is InChI=1S/C18H25N3O5/c1-10(2)14(18(24)25)19-17(23)15(12-7-5-4-6-8-12)20-16(22)13-9-11(3)26-21-13/h9,12,14-15H,1,4-8H2,2-3H3,(H,19,23)(H,20,22)(H,24,25)/t14-,15-/m0/s1. The van der Waals surface area contributed by atoms with Crippen molar-refractivity contribution in [1.82, 2.24) is 15.8 Å². The van der Waals surface area contributed by atoms with E-state index < -0.39 is 29.9 Å². The quantitative estimate of drug-likeness (QED) is 0.635. The van der Waals surface area contributed by atoms with Crippen LogP contribution in [0.1, 0.15) is 55.3 Å². The topological polar surface area (TPSA) is 122 Å². The van der Waals surface area contributed by atoms with E-state index >= 15 is 0 Å². The minimum Gasteiger partial charge on any atom is -0.479 e. The maximum absolute atomic E-state index is 12.8. The van der Waals surface area contributed by atoms with Gasteiger partial charge in [0.25, 0.3) is 5.91 Å². The van der Waals surface area contributed by atoms with Gasteiger partial charge >= 0.3 is 5.97 Å². The van der Waals surface area contributed by atoms with Crippen molar-refractivity contribution in [3.63, 3.8) is 0 Å². The van der Waals surface area contributed by atoms with E-state index in [2.05, 4.69) is 22.4 Å². The van der Waals surface area contributed by atoms with Crippen molar-refractivity contribution in [2.24, 2.45) is 5.92 Å². The lowest BCUT2D eigenvalue weighted by atomic mass is 9.83. The summed E-state index contributed by atoms with van der Waals surface area (Å²) in [6.07, 6.45) is 4.61. The Hall–Kier alpha value is -2.64. The molecule has 26 heavy (non-hydrogen) atoms. The normalized spacial score (nSPS) is 17.2. The molecule has 2 atom stereocenters. The summed E-state index contributed by atoms with van der Waals surface area (Å²) in [5.74, 6) is -1.80. The van der Waals surface area contributed by atoms with Gasteiger partial charge in [0.1, 0.15) is 17.8 Å². The lowest BCUT2D eigenvalue weighted by Crippen LogP contribution is -2.55. The largest absolute Gasteiger partial charge is 0.479 e. The summed E-state index contributed by atoms with van der Waals surface area (Å²) in [5, 5.41) is 18.1. The van der Waals surface area contributed by atoms with Gasteiger partial charge in [-0.3, -0.25) is 9.59 Å². The van der Waals surface area contributed by atoms with E-state index in [0.717, 1.165) is 32.1 Å². The van der Waals surface area contributed by atoms with Crippen LogP contribution < -0.4 is 10.6 Å². The molecule has 1 aliphatic carbocycles. The van der Waals surface area contributed by atoms with Crippen molar-refractivity contribution in [3.05, 3.63) is 29.7 Å². The highest BCUT2D eigenvalue weighted by Crippen LogP contribution is 2.27. The van der Waals surface area contributed by atoms with Crippen molar-refractivity contribution >= 4 is 17.8 Å². The van der Waals surface area contributed by atoms with Gasteiger partial charge in [-0.1, -0.05) is 31.0 Å². The van der Waals surface area contributed by atoms with Gasteiger partial charge in [0.15, 0.2) is 5.69 Å². The average molecular weight is 363 g/mol. The Kier molecular flexibility index (Phi) is 6.54. The maximum atomic E-state index is 12.8. The highest BCUT2D eigenvalue weighted by molar-refractivity contribution is 5.97. The van der Waals surface area contributed by atoms with Crippen LogP contribution in [0, 0.1) is 12.8 Å². The second-order valence-corrected chi connectivity index (χ2v) is 6.80. The molecule has 0 radical (unpaired) electrons. The van der Waals surface area contributed by atoms with E-state index in [1.54, 1.807) is 6.92 Å². The van der Waals surface area contributed by atoms with Gasteiger partial charge in [0.05, 0.1) is 0 Å². The Morgan fingerprint density at radius 2 is 1.92 bits per heavy atom. The predicted molar refractivity (Wildman–Crippen MR) is 93.4 cm³/mol. The van der Waals surface area contributed by atoms with Gasteiger partial charge in [-0.25, -0.2) is 4.79 Å². The smallest absolute Gasteiger partial charge is 0.330 e. The van der Waals surface area contributed by atoms with Crippen LogP contribution >= 0.6 is 0 Å². The molecule has 2 rings (SSSR count). The monoisotopic (exact) mass is 363 g/mol. The molecular weight excluding hydrogens is 338 g/mol. The molecule has 1 aromatic rings. The minimum absolute atomic E-state index is 0.0553. The summed E-state index contributed by atoms with van der Waals surface area (Å²) in [5.41, 5.74) is 0.400. The molecule has 2 amide bonds. The molecule has 8 nitrogen and oxygen atoms in total. The number of amides is 2. The predicted octanol–water partition coefficient (Wildman–Crippen LogP) is 1.81. The summed E-state index contributed by atoms with van der Waals surface area (Å²) in [6.45, 7) is 6.81. The van der Waals surface area contributed by atoms with Crippen LogP contribution in [0.4, 0.5) is 0 Å². The van der Waals surface area contributed by atoms with Gasteiger partial charge < -0.3 is 20.3 Å². The minimum atomic E-state index is -1.19. The van der Waals surface area contributed by atoms with Crippen molar-refractivity contribution in [2.45, 2.75) is 58.0 Å². The molecule has 1 heterocycles. The van der Waals surface area contributed by atoms with Gasteiger partial charge in [0.2, 0.25) is 5.91 Å². The molecule has 8 heteroatoms. The zero-order chi connectivity index (χ0) is 19.3. The SMILES string of the molecule is C=C(C)[C@H](NC(=O)[C@@H](NC(=O)c1cc(C)on1)C1CCCCC1)C(=O)O. The third-order valence-corrected chi connectivity index (χ3v) is 4.58. The number of aryl methyl sites for hydroxylation is 1. The van der Waals surface area contributed by atoms with Crippen LogP contribution in [0.25, 0.3) is 0 Å². The molecule has 0 unspecified atom stereocenters. The first-order chi connectivity index (χ1) is 12.3. The van der Waals surface area contributed by atoms with Crippen molar-refractivity contribution in [3.8, 4) is 0 Å². The molecule has 0 aromatic carbocycles. The van der Waals surface area contributed by atoms with Crippen molar-refractivity contribution in [2.75, 3.05) is 0 Å². The first kappa shape index (κ1) is 19.7. The van der Waals surface area contributed by atoms with Gasteiger partial charge in [0, 0.05) is 6.07 Å². The number of aromatic nitrogens is 1. The zero-order valence-electron chi connectivity index (χ0n) is 15.1. The second kappa shape index (κ2) is 8.64. The molecule has 1 saturated carbocycles. The van der Waals surface area contributed by atoms with Crippen LogP contribution in [0.5, 0.6) is 0 Å². The van der Waals surface area contributed by atoms with E-state index in [9.17, 15) is 19.5 Å². The number of rotatable bonds is 7. The molecule has 1 aliphatic rings. The molecule has 0 aliphatic heterocycles. The van der Waals surface area contributed by atoms with Gasteiger partial charge in [-0.15, -0.1) is 0 Å². The first-order valence-electron chi connectivity index (χ1n) is 8.72. The summed E-state index contributed by atoms with van der Waals surface area (Å²) in [4.78, 5) is 36.5. The average Bonchev–Trinajstić information content (AvgIpc) is 3.04. The number of nitrogens with zero attached hydrogens (tertiary/aromatic N) is 1. The van der Waals surface area contributed by atoms with Crippen molar-refractivity contribution < 1.29 is 24.0 Å². The number of carboxylic acid groups (broad SMARTS) is 1. The second-order valence-electron chi connectivity index (χ2n) is 6.80. The zero-order valence-corrected chi connectivity index (χ0v) is 15.1. The van der Waals surface area contributed by atoms with Crippen LogP contribution in [0.2, 0.25) is 0 Å². The number of hydrogen-bond donors (Lipinski definition) is 3. The van der Waals surface area contributed by atoms with E-state index in [-0.39, 0.29) is 11.6 Å². The molecular formula is C18H25N3O5. The fourth-order valence-electron chi connectivity index (χ4n) is 3.18. The lowest BCUT2D eigenvalue weighted by Gasteiger charge is -2.30. The number of aliphatic carboxylic acids is 1. The summed E-state index contributed by atoms with van der Waals surface area (Å²) >= 11 is 0. The number of carbonyl (C=O) groups is 3. The Balaban J connectivity index is 2.16. The number of nitrogens with one attached hydrogen (secondary N) is 2. The fourth-order valence-corrected chi connectivity index (χ4v) is 3.18. The number of carboxylic acids is 1. The lowest BCUT2D eigenvalue weighted by molar-refractivity contribution is -0.141. The van der Waals surface area contributed by atoms with E-state index in [0.29, 0.717) is 11.3 Å². The third kappa shape index (κ3) is 4.93. The van der Waals surface area contributed by atoms with E-state index in [4.69, 9.17) is 4.52 Å².